The van der Waals surface area contributed by atoms with Crippen LogP contribution < -0.4 is 5.32 Å². The third-order valence-electron chi connectivity index (χ3n) is 6.41. The fraction of sp³-hybridized carbons (Fsp3) is 0.391. The van der Waals surface area contributed by atoms with Crippen LogP contribution in [0.25, 0.3) is 0 Å². The molecule has 0 bridgehead atoms. The fourth-order valence-corrected chi connectivity index (χ4v) is 5.14. The number of carbonyl (C=O) groups excluding carboxylic acids is 1. The van der Waals surface area contributed by atoms with Crippen molar-refractivity contribution < 1.29 is 9.32 Å². The van der Waals surface area contributed by atoms with E-state index in [1.54, 1.807) is 24.5 Å². The summed E-state index contributed by atoms with van der Waals surface area (Å²) in [7, 11) is 0. The molecular formula is C23H25N5O2. The van der Waals surface area contributed by atoms with E-state index in [2.05, 4.69) is 49.6 Å². The third kappa shape index (κ3) is 3.50. The Labute approximate surface area is 175 Å². The zero-order valence-corrected chi connectivity index (χ0v) is 17.0. The van der Waals surface area contributed by atoms with Crippen molar-refractivity contribution in [1.82, 2.24) is 25.3 Å². The quantitative estimate of drug-likeness (QED) is 0.705. The first kappa shape index (κ1) is 18.9. The number of benzene rings is 1. The van der Waals surface area contributed by atoms with Gasteiger partial charge in [-0.25, -0.2) is 0 Å². The molecule has 5 rings (SSSR count). The molecular weight excluding hydrogens is 378 g/mol. The maximum atomic E-state index is 12.7. The summed E-state index contributed by atoms with van der Waals surface area (Å²) in [6.45, 7) is 4.56. The predicted octanol–water partition coefficient (Wildman–Crippen LogP) is 2.74. The molecule has 2 fully saturated rings. The largest absolute Gasteiger partial charge is 0.349 e. The average molecular weight is 403 g/mol. The predicted molar refractivity (Wildman–Crippen MR) is 111 cm³/mol. The molecule has 1 saturated carbocycles. The first-order valence-corrected chi connectivity index (χ1v) is 10.4. The van der Waals surface area contributed by atoms with Crippen LogP contribution in [0.5, 0.6) is 0 Å². The summed E-state index contributed by atoms with van der Waals surface area (Å²) in [4.78, 5) is 23.8. The molecule has 1 saturated heterocycles. The second-order valence-electron chi connectivity index (χ2n) is 8.51. The number of rotatable bonds is 5. The SMILES string of the molecule is Cc1noc(C23CC(NC(=O)c4cccnc4)CC2CN(Cc2ccccc2)C3)n1. The topological polar surface area (TPSA) is 84.2 Å². The van der Waals surface area contributed by atoms with Gasteiger partial charge in [-0.2, -0.15) is 4.98 Å². The summed E-state index contributed by atoms with van der Waals surface area (Å²) in [6.07, 6.45) is 4.98. The van der Waals surface area contributed by atoms with Crippen LogP contribution in [0.2, 0.25) is 0 Å². The van der Waals surface area contributed by atoms with Crippen molar-refractivity contribution in [2.24, 2.45) is 5.92 Å². The van der Waals surface area contributed by atoms with Crippen LogP contribution in [-0.2, 0) is 12.0 Å². The average Bonchev–Trinajstić information content (AvgIpc) is 3.42. The Morgan fingerprint density at radius 2 is 2.13 bits per heavy atom. The molecule has 3 atom stereocenters. The Hall–Kier alpha value is -3.06. The normalized spacial score (nSPS) is 25.9. The van der Waals surface area contributed by atoms with Gasteiger partial charge in [-0.05, 0) is 43.4 Å². The van der Waals surface area contributed by atoms with Crippen molar-refractivity contribution in [3.63, 3.8) is 0 Å². The minimum atomic E-state index is -0.219. The van der Waals surface area contributed by atoms with Gasteiger partial charge in [0.15, 0.2) is 5.82 Å². The Morgan fingerprint density at radius 3 is 2.87 bits per heavy atom. The lowest BCUT2D eigenvalue weighted by molar-refractivity contribution is 0.0933. The molecule has 3 unspecified atom stereocenters. The number of hydrogen-bond acceptors (Lipinski definition) is 6. The molecule has 7 heteroatoms. The summed E-state index contributed by atoms with van der Waals surface area (Å²) >= 11 is 0. The Morgan fingerprint density at radius 1 is 1.27 bits per heavy atom. The van der Waals surface area contributed by atoms with Crippen LogP contribution in [0.3, 0.4) is 0 Å². The van der Waals surface area contributed by atoms with Gasteiger partial charge >= 0.3 is 0 Å². The molecule has 1 aliphatic heterocycles. The van der Waals surface area contributed by atoms with Gasteiger partial charge in [-0.3, -0.25) is 14.7 Å². The second kappa shape index (κ2) is 7.65. The summed E-state index contributed by atoms with van der Waals surface area (Å²) in [5.41, 5.74) is 1.67. The second-order valence-corrected chi connectivity index (χ2v) is 8.51. The molecule has 1 aliphatic carbocycles. The molecule has 3 heterocycles. The van der Waals surface area contributed by atoms with Crippen molar-refractivity contribution in [1.29, 1.82) is 0 Å². The van der Waals surface area contributed by atoms with Gasteiger partial charge < -0.3 is 9.84 Å². The molecule has 0 radical (unpaired) electrons. The molecule has 2 aliphatic rings. The van der Waals surface area contributed by atoms with E-state index >= 15 is 0 Å². The van der Waals surface area contributed by atoms with Crippen molar-refractivity contribution in [2.75, 3.05) is 13.1 Å². The summed E-state index contributed by atoms with van der Waals surface area (Å²) in [6, 6.07) is 14.2. The van der Waals surface area contributed by atoms with Crippen LogP contribution in [-0.4, -0.2) is 45.1 Å². The van der Waals surface area contributed by atoms with Gasteiger partial charge in [-0.1, -0.05) is 35.5 Å². The zero-order valence-electron chi connectivity index (χ0n) is 17.0. The van der Waals surface area contributed by atoms with Gasteiger partial charge in [-0.15, -0.1) is 0 Å². The molecule has 154 valence electrons. The highest BCUT2D eigenvalue weighted by molar-refractivity contribution is 5.94. The van der Waals surface area contributed by atoms with E-state index in [1.165, 1.54) is 5.56 Å². The number of hydrogen-bond donors (Lipinski definition) is 1. The molecule has 0 spiro atoms. The van der Waals surface area contributed by atoms with Crippen molar-refractivity contribution in [3.8, 4) is 0 Å². The van der Waals surface area contributed by atoms with Crippen molar-refractivity contribution in [3.05, 3.63) is 77.7 Å². The van der Waals surface area contributed by atoms with Crippen LogP contribution in [0, 0.1) is 12.8 Å². The number of pyridine rings is 1. The highest BCUT2D eigenvalue weighted by Gasteiger charge is 2.57. The number of fused-ring (bicyclic) bond motifs is 1. The Balaban J connectivity index is 1.35. The number of nitrogens with one attached hydrogen (secondary N) is 1. The van der Waals surface area contributed by atoms with E-state index in [9.17, 15) is 4.79 Å². The summed E-state index contributed by atoms with van der Waals surface area (Å²) < 4.78 is 5.68. The van der Waals surface area contributed by atoms with Gasteiger partial charge in [0.05, 0.1) is 11.0 Å². The lowest BCUT2D eigenvalue weighted by atomic mass is 9.80. The Kier molecular flexibility index (Phi) is 4.83. The number of carbonyl (C=O) groups is 1. The zero-order chi connectivity index (χ0) is 20.6. The van der Waals surface area contributed by atoms with E-state index in [4.69, 9.17) is 4.52 Å². The first-order chi connectivity index (χ1) is 14.6. The fourth-order valence-electron chi connectivity index (χ4n) is 5.14. The molecule has 2 aromatic heterocycles. The maximum absolute atomic E-state index is 12.7. The van der Waals surface area contributed by atoms with Crippen LogP contribution in [0.15, 0.2) is 59.4 Å². The number of aryl methyl sites for hydroxylation is 1. The third-order valence-corrected chi connectivity index (χ3v) is 6.41. The standard InChI is InChI=1S/C23H25N5O2/c1-16-25-22(30-27-16)23-11-20(26-21(29)18-8-5-9-24-12-18)10-19(23)14-28(15-23)13-17-6-3-2-4-7-17/h2-9,12,19-20H,10-11,13-15H2,1H3,(H,26,29). The number of likely N-dealkylation sites (tertiary alicyclic amines) is 1. The number of aromatic nitrogens is 3. The van der Waals surface area contributed by atoms with Crippen LogP contribution in [0.1, 0.15) is 40.5 Å². The molecule has 1 aromatic carbocycles. The highest BCUT2D eigenvalue weighted by atomic mass is 16.5. The van der Waals surface area contributed by atoms with E-state index < -0.39 is 0 Å². The van der Waals surface area contributed by atoms with Crippen molar-refractivity contribution >= 4 is 5.91 Å². The number of nitrogens with zero attached hydrogens (tertiary/aromatic N) is 4. The first-order valence-electron chi connectivity index (χ1n) is 10.4. The lowest BCUT2D eigenvalue weighted by Gasteiger charge is -2.25. The van der Waals surface area contributed by atoms with E-state index in [0.717, 1.165) is 32.5 Å². The molecule has 1 amide bonds. The molecule has 7 nitrogen and oxygen atoms in total. The van der Waals surface area contributed by atoms with Crippen molar-refractivity contribution in [2.45, 2.75) is 37.8 Å². The lowest BCUT2D eigenvalue weighted by Crippen LogP contribution is -2.38. The van der Waals surface area contributed by atoms with Crippen LogP contribution >= 0.6 is 0 Å². The van der Waals surface area contributed by atoms with Crippen LogP contribution in [0.4, 0.5) is 0 Å². The number of amides is 1. The monoisotopic (exact) mass is 403 g/mol. The highest BCUT2D eigenvalue weighted by Crippen LogP contribution is 2.50. The van der Waals surface area contributed by atoms with Gasteiger partial charge in [0.2, 0.25) is 5.89 Å². The van der Waals surface area contributed by atoms with Gasteiger partial charge in [0.1, 0.15) is 0 Å². The van der Waals surface area contributed by atoms with E-state index in [1.807, 2.05) is 13.0 Å². The Bertz CT molecular complexity index is 1020. The van der Waals surface area contributed by atoms with E-state index in [0.29, 0.717) is 23.2 Å². The maximum Gasteiger partial charge on any atom is 0.253 e. The smallest absolute Gasteiger partial charge is 0.253 e. The van der Waals surface area contributed by atoms with E-state index in [-0.39, 0.29) is 17.4 Å². The molecule has 3 aromatic rings. The summed E-state index contributed by atoms with van der Waals surface area (Å²) in [5.74, 6) is 1.65. The molecule has 30 heavy (non-hydrogen) atoms. The summed E-state index contributed by atoms with van der Waals surface area (Å²) in [5, 5.41) is 7.26. The van der Waals surface area contributed by atoms with Gasteiger partial charge in [0.25, 0.3) is 5.91 Å². The molecule has 1 N–H and O–H groups in total. The minimum absolute atomic E-state index is 0.0776. The van der Waals surface area contributed by atoms with Gasteiger partial charge in [0, 0.05) is 38.1 Å². The minimum Gasteiger partial charge on any atom is -0.349 e.